The van der Waals surface area contributed by atoms with Crippen molar-refractivity contribution in [3.8, 4) is 0 Å². The molecule has 2 amide bonds. The van der Waals surface area contributed by atoms with Crippen LogP contribution >= 0.6 is 11.8 Å². The van der Waals surface area contributed by atoms with Gasteiger partial charge in [-0.1, -0.05) is 13.8 Å². The van der Waals surface area contributed by atoms with Crippen molar-refractivity contribution in [1.29, 1.82) is 0 Å². The van der Waals surface area contributed by atoms with Crippen LogP contribution in [0, 0.1) is 17.8 Å². The second-order valence-corrected chi connectivity index (χ2v) is 11.6. The molecule has 3 aliphatic rings. The maximum absolute atomic E-state index is 14.0. The minimum Gasteiger partial charge on any atom is -0.466 e. The maximum Gasteiger partial charge on any atom is 0.310 e. The molecule has 1 spiro atoms. The van der Waals surface area contributed by atoms with Gasteiger partial charge in [-0.05, 0) is 63.8 Å². The summed E-state index contributed by atoms with van der Waals surface area (Å²) >= 11 is 1.61. The third kappa shape index (κ3) is 4.08. The van der Waals surface area contributed by atoms with Crippen LogP contribution < -0.4 is 10.2 Å². The molecule has 1 aromatic rings. The summed E-state index contributed by atoms with van der Waals surface area (Å²) in [6.45, 7) is 11.7. The van der Waals surface area contributed by atoms with E-state index in [-0.39, 0.29) is 42.2 Å². The number of thioether (sulfide) groups is 1. The molecule has 3 saturated heterocycles. The number of carbonyl (C=O) groups is 3. The van der Waals surface area contributed by atoms with Gasteiger partial charge in [0.2, 0.25) is 11.8 Å². The third-order valence-electron chi connectivity index (χ3n) is 8.33. The summed E-state index contributed by atoms with van der Waals surface area (Å²) in [5.74, 6) is -1.97. The number of carbonyl (C=O) groups excluding carboxylic acids is 3. The number of rotatable bonds is 10. The quantitative estimate of drug-likeness (QED) is 0.460. The number of hydrogen-bond donors (Lipinski definition) is 2. The third-order valence-corrected chi connectivity index (χ3v) is 10.4. The first-order chi connectivity index (χ1) is 17.3. The number of aliphatic hydroxyl groups excluding tert-OH is 1. The van der Waals surface area contributed by atoms with Gasteiger partial charge in [0.1, 0.15) is 6.04 Å². The highest BCUT2D eigenvalue weighted by Gasteiger charge is 2.76. The van der Waals surface area contributed by atoms with Crippen molar-refractivity contribution in [2.45, 2.75) is 69.5 Å². The predicted molar refractivity (Wildman–Crippen MR) is 142 cm³/mol. The van der Waals surface area contributed by atoms with E-state index >= 15 is 0 Å². The first kappa shape index (κ1) is 26.8. The Hall–Kier alpha value is -2.26. The Morgan fingerprint density at radius 3 is 2.44 bits per heavy atom. The molecule has 3 heterocycles. The number of anilines is 2. The van der Waals surface area contributed by atoms with Crippen LogP contribution in [0.15, 0.2) is 24.3 Å². The van der Waals surface area contributed by atoms with Crippen LogP contribution in [0.5, 0.6) is 0 Å². The summed E-state index contributed by atoms with van der Waals surface area (Å²) in [5, 5.41) is 13.2. The minimum atomic E-state index is -0.779. The molecule has 2 bridgehead atoms. The molecule has 3 aliphatic heterocycles. The summed E-state index contributed by atoms with van der Waals surface area (Å²) in [5.41, 5.74) is 1.74. The molecule has 1 aromatic carbocycles. The standard InChI is InChI=1S/C27H39N3O5S/c1-6-18(15-31)30-23(24(32)28-17-10-12-19(13-11-17)29(7-2)8-3)27-16(5)14-20(36-27)21(22(27)25(30)33)26(34)35-9-4/h10-13,16,18,20-23,31H,6-9,14-15H2,1-5H3,(H,28,32)/t16?,18-,20-,21+,22-,23?,27?/m0/s1. The van der Waals surface area contributed by atoms with Gasteiger partial charge in [-0.25, -0.2) is 0 Å². The lowest BCUT2D eigenvalue weighted by atomic mass is 9.66. The molecule has 0 aliphatic carbocycles. The van der Waals surface area contributed by atoms with E-state index in [0.717, 1.165) is 25.2 Å². The molecular formula is C27H39N3O5S. The van der Waals surface area contributed by atoms with Crippen molar-refractivity contribution in [2.24, 2.45) is 17.8 Å². The summed E-state index contributed by atoms with van der Waals surface area (Å²) in [7, 11) is 0. The van der Waals surface area contributed by atoms with E-state index < -0.39 is 28.7 Å². The fourth-order valence-electron chi connectivity index (χ4n) is 6.63. The average Bonchev–Trinajstić information content (AvgIpc) is 3.46. The number of hydrogen-bond acceptors (Lipinski definition) is 7. The monoisotopic (exact) mass is 517 g/mol. The van der Waals surface area contributed by atoms with E-state index in [9.17, 15) is 19.5 Å². The molecule has 7 atom stereocenters. The number of ether oxygens (including phenoxy) is 1. The number of nitrogens with zero attached hydrogens (tertiary/aromatic N) is 2. The van der Waals surface area contributed by atoms with E-state index in [1.165, 1.54) is 0 Å². The fourth-order valence-corrected chi connectivity index (χ4v) is 9.02. The highest BCUT2D eigenvalue weighted by atomic mass is 32.2. The zero-order valence-corrected chi connectivity index (χ0v) is 22.7. The Morgan fingerprint density at radius 1 is 1.22 bits per heavy atom. The van der Waals surface area contributed by atoms with E-state index in [4.69, 9.17) is 4.74 Å². The number of benzene rings is 1. The van der Waals surface area contributed by atoms with Crippen molar-refractivity contribution < 1.29 is 24.2 Å². The zero-order chi connectivity index (χ0) is 26.2. The smallest absolute Gasteiger partial charge is 0.310 e. The summed E-state index contributed by atoms with van der Waals surface area (Å²) < 4.78 is 4.65. The van der Waals surface area contributed by atoms with Gasteiger partial charge in [0.15, 0.2) is 0 Å². The highest BCUT2D eigenvalue weighted by Crippen LogP contribution is 2.69. The number of likely N-dealkylation sites (tertiary alicyclic amines) is 1. The molecule has 198 valence electrons. The summed E-state index contributed by atoms with van der Waals surface area (Å²) in [4.78, 5) is 44.7. The van der Waals surface area contributed by atoms with Crippen LogP contribution in [0.2, 0.25) is 0 Å². The Kier molecular flexibility index (Phi) is 7.90. The van der Waals surface area contributed by atoms with Gasteiger partial charge in [-0.2, -0.15) is 0 Å². The highest BCUT2D eigenvalue weighted by molar-refractivity contribution is 8.02. The van der Waals surface area contributed by atoms with Gasteiger partial charge < -0.3 is 25.0 Å². The van der Waals surface area contributed by atoms with Gasteiger partial charge in [0.05, 0.1) is 35.8 Å². The molecule has 0 aromatic heterocycles. The minimum absolute atomic E-state index is 0.0481. The lowest BCUT2D eigenvalue weighted by Crippen LogP contribution is -2.56. The lowest BCUT2D eigenvalue weighted by molar-refractivity contribution is -0.154. The van der Waals surface area contributed by atoms with Crippen LogP contribution in [-0.2, 0) is 19.1 Å². The molecule has 36 heavy (non-hydrogen) atoms. The van der Waals surface area contributed by atoms with E-state index in [2.05, 4.69) is 31.0 Å². The number of nitrogens with one attached hydrogen (secondary N) is 1. The summed E-state index contributed by atoms with van der Waals surface area (Å²) in [6.07, 6.45) is 1.27. The Bertz CT molecular complexity index is 980. The van der Waals surface area contributed by atoms with Crippen molar-refractivity contribution in [3.63, 3.8) is 0 Å². The van der Waals surface area contributed by atoms with E-state index in [0.29, 0.717) is 12.1 Å². The van der Waals surface area contributed by atoms with Gasteiger partial charge in [-0.3, -0.25) is 14.4 Å². The molecule has 0 saturated carbocycles. The summed E-state index contributed by atoms with van der Waals surface area (Å²) in [6, 6.07) is 6.47. The fraction of sp³-hybridized carbons (Fsp3) is 0.667. The van der Waals surface area contributed by atoms with Crippen LogP contribution in [0.1, 0.15) is 47.5 Å². The largest absolute Gasteiger partial charge is 0.466 e. The molecule has 4 rings (SSSR count). The van der Waals surface area contributed by atoms with E-state index in [1.54, 1.807) is 23.6 Å². The molecule has 0 radical (unpaired) electrons. The van der Waals surface area contributed by atoms with Gasteiger partial charge in [-0.15, -0.1) is 11.8 Å². The lowest BCUT2D eigenvalue weighted by Gasteiger charge is -2.39. The van der Waals surface area contributed by atoms with Gasteiger partial charge >= 0.3 is 5.97 Å². The second-order valence-electron chi connectivity index (χ2n) is 10.0. The Morgan fingerprint density at radius 2 is 1.89 bits per heavy atom. The Labute approximate surface area is 218 Å². The Balaban J connectivity index is 1.69. The van der Waals surface area contributed by atoms with Crippen LogP contribution in [0.25, 0.3) is 0 Å². The van der Waals surface area contributed by atoms with Crippen molar-refractivity contribution in [1.82, 2.24) is 4.90 Å². The molecule has 8 nitrogen and oxygen atoms in total. The first-order valence-corrected chi connectivity index (χ1v) is 14.1. The topological polar surface area (TPSA) is 99.2 Å². The van der Waals surface area contributed by atoms with Crippen molar-refractivity contribution in [3.05, 3.63) is 24.3 Å². The second kappa shape index (κ2) is 10.6. The van der Waals surface area contributed by atoms with Crippen molar-refractivity contribution in [2.75, 3.05) is 36.5 Å². The zero-order valence-electron chi connectivity index (χ0n) is 21.9. The van der Waals surface area contributed by atoms with Gasteiger partial charge in [0, 0.05) is 29.7 Å². The van der Waals surface area contributed by atoms with E-state index in [1.807, 2.05) is 31.2 Å². The molecule has 2 N–H and O–H groups in total. The van der Waals surface area contributed by atoms with Crippen LogP contribution in [-0.4, -0.2) is 76.2 Å². The number of esters is 1. The first-order valence-electron chi connectivity index (χ1n) is 13.2. The SMILES string of the molecule is CCOC(=O)[C@@H]1[C@@H]2CC(C)C3(S2)C(C(=O)Nc2ccc(N(CC)CC)cc2)N([C@@H](CC)CO)C(=O)[C@H]13. The maximum atomic E-state index is 14.0. The normalized spacial score (nSPS) is 31.3. The van der Waals surface area contributed by atoms with Crippen LogP contribution in [0.4, 0.5) is 11.4 Å². The van der Waals surface area contributed by atoms with Crippen molar-refractivity contribution >= 4 is 40.9 Å². The molecule has 3 fully saturated rings. The predicted octanol–water partition coefficient (Wildman–Crippen LogP) is 3.14. The molecule has 3 unspecified atom stereocenters. The number of amides is 2. The molecular weight excluding hydrogens is 478 g/mol. The number of aliphatic hydroxyl groups is 1. The number of fused-ring (bicyclic) bond motifs is 1. The van der Waals surface area contributed by atoms with Gasteiger partial charge in [0.25, 0.3) is 0 Å². The van der Waals surface area contributed by atoms with Crippen LogP contribution in [0.3, 0.4) is 0 Å². The molecule has 9 heteroatoms. The average molecular weight is 518 g/mol.